The lowest BCUT2D eigenvalue weighted by atomic mass is 9.67. The van der Waals surface area contributed by atoms with Crippen molar-refractivity contribution in [3.05, 3.63) is 132 Å². The van der Waals surface area contributed by atoms with Gasteiger partial charge in [0.25, 0.3) is 0 Å². The first-order valence-electron chi connectivity index (χ1n) is 16.7. The molecule has 6 rings (SSSR count). The van der Waals surface area contributed by atoms with E-state index in [0.717, 1.165) is 29.5 Å². The van der Waals surface area contributed by atoms with E-state index >= 15 is 0 Å². The number of aliphatic carboxylic acids is 1. The average Bonchev–Trinajstić information content (AvgIpc) is 3.84. The minimum atomic E-state index is -5.08. The van der Waals surface area contributed by atoms with Gasteiger partial charge in [-0.15, -0.1) is 0 Å². The van der Waals surface area contributed by atoms with Crippen molar-refractivity contribution < 1.29 is 37.5 Å². The van der Waals surface area contributed by atoms with Crippen LogP contribution in [0.1, 0.15) is 48.8 Å². The number of carbonyl (C=O) groups excluding carboxylic acids is 3. The Balaban J connectivity index is 0.000000654. The molecular formula is C39H39F3N4O5. The van der Waals surface area contributed by atoms with Gasteiger partial charge >= 0.3 is 12.1 Å². The van der Waals surface area contributed by atoms with Gasteiger partial charge in [0.05, 0.1) is 16.8 Å². The molecule has 4 N–H and O–H groups in total. The average molecular weight is 701 g/mol. The molecule has 9 nitrogen and oxygen atoms in total. The summed E-state index contributed by atoms with van der Waals surface area (Å²) < 4.78 is 31.7. The summed E-state index contributed by atoms with van der Waals surface area (Å²) in [5.41, 5.74) is 9.37. The SMILES string of the molecule is Nc1ccccc1NC(=O)[C@H]1CCCN1C(=O)[C@@H]1CCCN1C(=O)CC(c1ccccc1)(c1ccccc1)c1ccccc1.O=C(O)C(F)(F)F. The number of benzene rings is 4. The molecular weight excluding hydrogens is 661 g/mol. The summed E-state index contributed by atoms with van der Waals surface area (Å²) in [4.78, 5) is 54.2. The highest BCUT2D eigenvalue weighted by Crippen LogP contribution is 2.43. The topological polar surface area (TPSA) is 133 Å². The van der Waals surface area contributed by atoms with Crippen LogP contribution < -0.4 is 11.1 Å². The van der Waals surface area contributed by atoms with Crippen molar-refractivity contribution in [1.82, 2.24) is 9.80 Å². The quantitative estimate of drug-likeness (QED) is 0.147. The number of likely N-dealkylation sites (tertiary alicyclic amines) is 2. The standard InChI is InChI=1S/C37H38N4O3.C2HF3O2/c38-30-20-10-11-21-31(30)39-35(43)32-22-12-25-41(32)36(44)33-23-13-24-40(33)34(42)26-37(27-14-4-1-5-15-27,28-16-6-2-7-17-28)29-18-8-3-9-19-29;3-2(4,5)1(6)7/h1-11,14-21,32-33H,12-13,22-26,38H2,(H,39,43);(H,6,7)/t32-,33+;/m1./s1. The number of anilines is 2. The van der Waals surface area contributed by atoms with Crippen molar-refractivity contribution in [2.75, 3.05) is 24.1 Å². The predicted octanol–water partition coefficient (Wildman–Crippen LogP) is 6.25. The second-order valence-corrected chi connectivity index (χ2v) is 12.5. The van der Waals surface area contributed by atoms with Crippen LogP contribution in [-0.2, 0) is 24.6 Å². The van der Waals surface area contributed by atoms with Gasteiger partial charge in [0.15, 0.2) is 0 Å². The molecule has 0 aliphatic carbocycles. The Morgan fingerprint density at radius 2 is 1.12 bits per heavy atom. The van der Waals surface area contributed by atoms with Crippen LogP contribution in [0, 0.1) is 0 Å². The molecule has 12 heteroatoms. The highest BCUT2D eigenvalue weighted by molar-refractivity contribution is 6.00. The molecule has 0 radical (unpaired) electrons. The van der Waals surface area contributed by atoms with Crippen LogP contribution in [0.4, 0.5) is 24.5 Å². The third-order valence-electron chi connectivity index (χ3n) is 9.37. The molecule has 51 heavy (non-hydrogen) atoms. The summed E-state index contributed by atoms with van der Waals surface area (Å²) in [6, 6.07) is 36.3. The van der Waals surface area contributed by atoms with Crippen molar-refractivity contribution in [2.45, 2.75) is 55.8 Å². The Kier molecular flexibility index (Phi) is 11.4. The number of carboxylic acid groups (broad SMARTS) is 1. The number of nitrogens with two attached hydrogens (primary N) is 1. The monoisotopic (exact) mass is 700 g/mol. The number of para-hydroxylation sites is 2. The minimum absolute atomic E-state index is 0.0744. The van der Waals surface area contributed by atoms with E-state index in [9.17, 15) is 27.6 Å². The van der Waals surface area contributed by atoms with E-state index in [1.54, 1.807) is 21.9 Å². The third kappa shape index (κ3) is 8.22. The molecule has 2 fully saturated rings. The van der Waals surface area contributed by atoms with E-state index in [2.05, 4.69) is 41.7 Å². The first-order chi connectivity index (χ1) is 24.4. The lowest BCUT2D eigenvalue weighted by Gasteiger charge is -2.38. The highest BCUT2D eigenvalue weighted by atomic mass is 19.4. The molecule has 0 spiro atoms. The summed E-state index contributed by atoms with van der Waals surface area (Å²) in [5.74, 6) is -3.23. The predicted molar refractivity (Wildman–Crippen MR) is 186 cm³/mol. The van der Waals surface area contributed by atoms with Gasteiger partial charge in [0.2, 0.25) is 17.7 Å². The Morgan fingerprint density at radius 3 is 1.59 bits per heavy atom. The molecule has 4 aromatic rings. The number of hydrogen-bond donors (Lipinski definition) is 3. The highest BCUT2D eigenvalue weighted by Gasteiger charge is 2.45. The number of carboxylic acids is 1. The fourth-order valence-electron chi connectivity index (χ4n) is 6.95. The largest absolute Gasteiger partial charge is 0.490 e. The van der Waals surface area contributed by atoms with E-state index in [-0.39, 0.29) is 24.1 Å². The number of nitrogen functional groups attached to an aromatic ring is 1. The summed E-state index contributed by atoms with van der Waals surface area (Å²) >= 11 is 0. The van der Waals surface area contributed by atoms with Gasteiger partial charge < -0.3 is 26.0 Å². The number of nitrogens with zero attached hydrogens (tertiary/aromatic N) is 2. The van der Waals surface area contributed by atoms with Crippen LogP contribution in [0.2, 0.25) is 0 Å². The smallest absolute Gasteiger partial charge is 0.475 e. The van der Waals surface area contributed by atoms with Crippen LogP contribution in [0.25, 0.3) is 0 Å². The number of hydrogen-bond acceptors (Lipinski definition) is 5. The van der Waals surface area contributed by atoms with Crippen molar-refractivity contribution in [1.29, 1.82) is 0 Å². The van der Waals surface area contributed by atoms with Gasteiger partial charge in [-0.3, -0.25) is 14.4 Å². The van der Waals surface area contributed by atoms with Crippen LogP contribution in [0.3, 0.4) is 0 Å². The van der Waals surface area contributed by atoms with E-state index < -0.39 is 29.6 Å². The number of amides is 3. The Hall–Kier alpha value is -5.65. The first kappa shape index (κ1) is 36.6. The number of nitrogens with one attached hydrogen (secondary N) is 1. The van der Waals surface area contributed by atoms with Gasteiger partial charge in [-0.2, -0.15) is 13.2 Å². The zero-order valence-corrected chi connectivity index (χ0v) is 27.8. The number of alkyl halides is 3. The summed E-state index contributed by atoms with van der Waals surface area (Å²) in [6.07, 6.45) is -2.29. The molecule has 266 valence electrons. The number of halogens is 3. The van der Waals surface area contributed by atoms with Crippen molar-refractivity contribution in [2.24, 2.45) is 0 Å². The second kappa shape index (κ2) is 15.9. The first-order valence-corrected chi connectivity index (χ1v) is 16.7. The Bertz CT molecular complexity index is 1730. The van der Waals surface area contributed by atoms with Gasteiger partial charge in [-0.25, -0.2) is 4.79 Å². The van der Waals surface area contributed by atoms with Gasteiger partial charge in [-0.1, -0.05) is 103 Å². The Morgan fingerprint density at radius 1 is 0.686 bits per heavy atom. The van der Waals surface area contributed by atoms with Crippen molar-refractivity contribution >= 4 is 35.1 Å². The zero-order chi connectivity index (χ0) is 36.6. The summed E-state index contributed by atoms with van der Waals surface area (Å²) in [6.45, 7) is 0.997. The fraction of sp³-hybridized carbons (Fsp3) is 0.282. The van der Waals surface area contributed by atoms with Crippen molar-refractivity contribution in [3.63, 3.8) is 0 Å². The molecule has 0 aromatic heterocycles. The molecule has 2 heterocycles. The maximum absolute atomic E-state index is 14.5. The van der Waals surface area contributed by atoms with Gasteiger partial charge in [0.1, 0.15) is 12.1 Å². The maximum atomic E-state index is 14.5. The number of rotatable bonds is 8. The van der Waals surface area contributed by atoms with Crippen LogP contribution in [0.5, 0.6) is 0 Å². The summed E-state index contributed by atoms with van der Waals surface area (Å²) in [7, 11) is 0. The van der Waals surface area contributed by atoms with Crippen LogP contribution in [0.15, 0.2) is 115 Å². The molecule has 3 amide bonds. The van der Waals surface area contributed by atoms with Crippen LogP contribution >= 0.6 is 0 Å². The summed E-state index contributed by atoms with van der Waals surface area (Å²) in [5, 5.41) is 10.0. The lowest BCUT2D eigenvalue weighted by Crippen LogP contribution is -2.52. The molecule has 2 saturated heterocycles. The van der Waals surface area contributed by atoms with E-state index in [1.807, 2.05) is 66.7 Å². The second-order valence-electron chi connectivity index (χ2n) is 12.5. The molecule has 4 aromatic carbocycles. The number of carbonyl (C=O) groups is 4. The van der Waals surface area contributed by atoms with Gasteiger partial charge in [0, 0.05) is 19.5 Å². The third-order valence-corrected chi connectivity index (χ3v) is 9.37. The molecule has 0 saturated carbocycles. The fourth-order valence-corrected chi connectivity index (χ4v) is 6.95. The zero-order valence-electron chi connectivity index (χ0n) is 27.8. The molecule has 0 unspecified atom stereocenters. The van der Waals surface area contributed by atoms with Crippen molar-refractivity contribution in [3.8, 4) is 0 Å². The lowest BCUT2D eigenvalue weighted by molar-refractivity contribution is -0.192. The minimum Gasteiger partial charge on any atom is -0.475 e. The van der Waals surface area contributed by atoms with E-state index in [1.165, 1.54) is 0 Å². The van der Waals surface area contributed by atoms with E-state index in [0.29, 0.717) is 37.3 Å². The van der Waals surface area contributed by atoms with E-state index in [4.69, 9.17) is 15.6 Å². The maximum Gasteiger partial charge on any atom is 0.490 e. The normalized spacial score (nSPS) is 17.3. The molecule has 2 aliphatic rings. The molecule has 2 atom stereocenters. The van der Waals surface area contributed by atoms with Crippen LogP contribution in [-0.4, -0.2) is 69.9 Å². The van der Waals surface area contributed by atoms with Gasteiger partial charge in [-0.05, 0) is 54.5 Å². The molecule has 2 aliphatic heterocycles. The Labute approximate surface area is 293 Å². The molecule has 0 bridgehead atoms.